The molecule has 2 heterocycles. The molecule has 4 rings (SSSR count). The number of fused-ring (bicyclic) bond motifs is 3. The molecular formula is C20H21NO3. The quantitative estimate of drug-likeness (QED) is 0.534. The molecule has 2 aromatic carbocycles. The third-order valence-electron chi connectivity index (χ3n) is 4.60. The zero-order chi connectivity index (χ0) is 16.7. The predicted molar refractivity (Wildman–Crippen MR) is 95.3 cm³/mol. The van der Waals surface area contributed by atoms with Crippen molar-refractivity contribution in [3.8, 4) is 0 Å². The summed E-state index contributed by atoms with van der Waals surface area (Å²) in [7, 11) is 0. The van der Waals surface area contributed by atoms with Crippen LogP contribution in [0.3, 0.4) is 0 Å². The largest absolute Gasteiger partial charge is 0.423 e. The van der Waals surface area contributed by atoms with Crippen LogP contribution in [0.5, 0.6) is 0 Å². The number of morpholine rings is 1. The van der Waals surface area contributed by atoms with Crippen molar-refractivity contribution in [2.75, 3.05) is 13.1 Å². The van der Waals surface area contributed by atoms with Crippen molar-refractivity contribution < 1.29 is 9.15 Å². The number of nitrogens with zero attached hydrogens (tertiary/aromatic N) is 1. The molecule has 1 saturated heterocycles. The Morgan fingerprint density at radius 2 is 1.83 bits per heavy atom. The van der Waals surface area contributed by atoms with E-state index in [1.54, 1.807) is 6.07 Å². The highest BCUT2D eigenvalue weighted by Crippen LogP contribution is 2.28. The van der Waals surface area contributed by atoms with Crippen molar-refractivity contribution >= 4 is 21.7 Å². The van der Waals surface area contributed by atoms with E-state index in [4.69, 9.17) is 9.15 Å². The zero-order valence-corrected chi connectivity index (χ0v) is 14.0. The van der Waals surface area contributed by atoms with Crippen LogP contribution in [-0.2, 0) is 11.3 Å². The standard InChI is InChI=1S/C20H21NO3/c1-13-10-21(11-14(2)23-13)12-16-9-19(22)24-18-8-7-15-5-3-4-6-17(15)20(16)18/h3-9,13-14H,10-12H2,1-2H3/t13-,14-/m0/s1. The van der Waals surface area contributed by atoms with Gasteiger partial charge >= 0.3 is 5.63 Å². The fraction of sp³-hybridized carbons (Fsp3) is 0.350. The average molecular weight is 323 g/mol. The minimum absolute atomic E-state index is 0.205. The molecule has 3 aromatic rings. The van der Waals surface area contributed by atoms with Crippen LogP contribution in [0.25, 0.3) is 21.7 Å². The van der Waals surface area contributed by atoms with Gasteiger partial charge in [-0.05, 0) is 36.2 Å². The molecule has 1 aliphatic heterocycles. The summed E-state index contributed by atoms with van der Waals surface area (Å²) in [5.41, 5.74) is 1.40. The first-order valence-electron chi connectivity index (χ1n) is 8.42. The second kappa shape index (κ2) is 6.04. The van der Waals surface area contributed by atoms with Crippen LogP contribution in [0.1, 0.15) is 19.4 Å². The van der Waals surface area contributed by atoms with E-state index in [9.17, 15) is 4.79 Å². The maximum Gasteiger partial charge on any atom is 0.336 e. The Kier molecular flexibility index (Phi) is 3.87. The summed E-state index contributed by atoms with van der Waals surface area (Å²) in [5, 5.41) is 3.33. The van der Waals surface area contributed by atoms with Gasteiger partial charge in [0.1, 0.15) is 5.58 Å². The van der Waals surface area contributed by atoms with Gasteiger partial charge in [0.2, 0.25) is 0 Å². The normalized spacial score (nSPS) is 22.2. The Bertz CT molecular complexity index is 936. The second-order valence-electron chi connectivity index (χ2n) is 6.70. The van der Waals surface area contributed by atoms with Crippen molar-refractivity contribution in [2.45, 2.75) is 32.6 Å². The third kappa shape index (κ3) is 2.83. The van der Waals surface area contributed by atoms with Crippen LogP contribution in [-0.4, -0.2) is 30.2 Å². The molecule has 1 aromatic heterocycles. The van der Waals surface area contributed by atoms with Crippen molar-refractivity contribution in [3.05, 3.63) is 58.4 Å². The monoisotopic (exact) mass is 323 g/mol. The number of rotatable bonds is 2. The molecule has 4 nitrogen and oxygen atoms in total. The van der Waals surface area contributed by atoms with Gasteiger partial charge in [0.05, 0.1) is 12.2 Å². The Balaban J connectivity index is 1.84. The molecule has 0 bridgehead atoms. The lowest BCUT2D eigenvalue weighted by Gasteiger charge is -2.35. The smallest absolute Gasteiger partial charge is 0.336 e. The zero-order valence-electron chi connectivity index (χ0n) is 14.0. The summed E-state index contributed by atoms with van der Waals surface area (Å²) >= 11 is 0. The van der Waals surface area contributed by atoms with Gasteiger partial charge in [-0.25, -0.2) is 4.79 Å². The highest BCUT2D eigenvalue weighted by atomic mass is 16.5. The van der Waals surface area contributed by atoms with Gasteiger partial charge in [0.15, 0.2) is 0 Å². The van der Waals surface area contributed by atoms with Crippen LogP contribution in [0.4, 0.5) is 0 Å². The van der Waals surface area contributed by atoms with Gasteiger partial charge in [-0.1, -0.05) is 30.3 Å². The molecule has 0 amide bonds. The van der Waals surface area contributed by atoms with Crippen LogP contribution < -0.4 is 5.63 Å². The van der Waals surface area contributed by atoms with E-state index in [1.807, 2.05) is 24.3 Å². The van der Waals surface area contributed by atoms with Gasteiger partial charge in [0.25, 0.3) is 0 Å². The molecule has 24 heavy (non-hydrogen) atoms. The molecule has 1 aliphatic rings. The fourth-order valence-corrected chi connectivity index (χ4v) is 3.80. The molecule has 2 atom stereocenters. The number of ether oxygens (including phenoxy) is 1. The van der Waals surface area contributed by atoms with E-state index < -0.39 is 0 Å². The van der Waals surface area contributed by atoms with E-state index in [0.717, 1.165) is 41.4 Å². The molecule has 1 fully saturated rings. The van der Waals surface area contributed by atoms with E-state index in [2.05, 4.69) is 30.9 Å². The molecule has 0 unspecified atom stereocenters. The maximum absolute atomic E-state index is 12.0. The number of benzene rings is 2. The Morgan fingerprint density at radius 1 is 1.08 bits per heavy atom. The summed E-state index contributed by atoms with van der Waals surface area (Å²) in [6, 6.07) is 13.8. The van der Waals surface area contributed by atoms with Gasteiger partial charge < -0.3 is 9.15 Å². The lowest BCUT2D eigenvalue weighted by molar-refractivity contribution is -0.0704. The highest BCUT2D eigenvalue weighted by Gasteiger charge is 2.23. The first-order valence-corrected chi connectivity index (χ1v) is 8.42. The SMILES string of the molecule is C[C@H]1CN(Cc2cc(=O)oc3ccc4ccccc4c23)C[C@H](C)O1. The summed E-state index contributed by atoms with van der Waals surface area (Å²) in [4.78, 5) is 14.4. The second-order valence-corrected chi connectivity index (χ2v) is 6.70. The highest BCUT2D eigenvalue weighted by molar-refractivity contribution is 6.07. The number of hydrogen-bond acceptors (Lipinski definition) is 4. The van der Waals surface area contributed by atoms with Gasteiger partial charge in [-0.3, -0.25) is 4.90 Å². The summed E-state index contributed by atoms with van der Waals surface area (Å²) in [6.07, 6.45) is 0.411. The van der Waals surface area contributed by atoms with Crippen LogP contribution >= 0.6 is 0 Å². The molecule has 4 heteroatoms. The molecule has 0 N–H and O–H groups in total. The van der Waals surface area contributed by atoms with Crippen molar-refractivity contribution in [1.29, 1.82) is 0 Å². The van der Waals surface area contributed by atoms with Crippen LogP contribution in [0.2, 0.25) is 0 Å². The molecule has 0 aliphatic carbocycles. The molecular weight excluding hydrogens is 302 g/mol. The summed E-state index contributed by atoms with van der Waals surface area (Å²) in [5.74, 6) is 0. The molecule has 0 radical (unpaired) electrons. The van der Waals surface area contributed by atoms with Gasteiger partial charge in [-0.15, -0.1) is 0 Å². The van der Waals surface area contributed by atoms with E-state index >= 15 is 0 Å². The van der Waals surface area contributed by atoms with Crippen LogP contribution in [0.15, 0.2) is 51.7 Å². The fourth-order valence-electron chi connectivity index (χ4n) is 3.80. The first kappa shape index (κ1) is 15.4. The lowest BCUT2D eigenvalue weighted by Crippen LogP contribution is -2.44. The van der Waals surface area contributed by atoms with Crippen molar-refractivity contribution in [1.82, 2.24) is 4.90 Å². The third-order valence-corrected chi connectivity index (χ3v) is 4.60. The summed E-state index contributed by atoms with van der Waals surface area (Å²) in [6.45, 7) is 6.66. The topological polar surface area (TPSA) is 42.7 Å². The van der Waals surface area contributed by atoms with Crippen molar-refractivity contribution in [3.63, 3.8) is 0 Å². The van der Waals surface area contributed by atoms with E-state index in [0.29, 0.717) is 5.58 Å². The average Bonchev–Trinajstić information content (AvgIpc) is 2.53. The van der Waals surface area contributed by atoms with Crippen LogP contribution in [0, 0.1) is 0 Å². The maximum atomic E-state index is 12.0. The predicted octanol–water partition coefficient (Wildman–Crippen LogP) is 3.56. The Morgan fingerprint density at radius 3 is 2.62 bits per heavy atom. The minimum atomic E-state index is -0.290. The molecule has 124 valence electrons. The Labute approximate surface area is 140 Å². The van der Waals surface area contributed by atoms with Gasteiger partial charge in [0, 0.05) is 31.1 Å². The summed E-state index contributed by atoms with van der Waals surface area (Å²) < 4.78 is 11.3. The molecule has 0 saturated carbocycles. The van der Waals surface area contributed by atoms with Gasteiger partial charge in [-0.2, -0.15) is 0 Å². The Hall–Kier alpha value is -2.17. The number of hydrogen-bond donors (Lipinski definition) is 0. The minimum Gasteiger partial charge on any atom is -0.423 e. The van der Waals surface area contributed by atoms with Crippen molar-refractivity contribution in [2.24, 2.45) is 0 Å². The van der Waals surface area contributed by atoms with E-state index in [-0.39, 0.29) is 17.8 Å². The molecule has 0 spiro atoms. The van der Waals surface area contributed by atoms with E-state index in [1.165, 1.54) is 0 Å². The lowest BCUT2D eigenvalue weighted by atomic mass is 10.0. The first-order chi connectivity index (χ1) is 11.6.